The van der Waals surface area contributed by atoms with Crippen molar-refractivity contribution >= 4 is 5.97 Å². The van der Waals surface area contributed by atoms with Crippen LogP contribution in [0.2, 0.25) is 0 Å². The van der Waals surface area contributed by atoms with Gasteiger partial charge in [-0.2, -0.15) is 0 Å². The second-order valence-corrected chi connectivity index (χ2v) is 8.48. The molecule has 1 heterocycles. The molecule has 0 amide bonds. The summed E-state index contributed by atoms with van der Waals surface area (Å²) in [6, 6.07) is 18.7. The smallest absolute Gasteiger partial charge is 0.305 e. The fourth-order valence-electron chi connectivity index (χ4n) is 4.28. The number of hydrogen-bond donors (Lipinski definition) is 0. The maximum Gasteiger partial charge on any atom is 0.305 e. The van der Waals surface area contributed by atoms with Crippen molar-refractivity contribution in [3.8, 4) is 5.75 Å². The minimum atomic E-state index is -0.101. The van der Waals surface area contributed by atoms with Crippen molar-refractivity contribution in [2.45, 2.75) is 57.2 Å². The molecule has 1 unspecified atom stereocenters. The quantitative estimate of drug-likeness (QED) is 0.328. The van der Waals surface area contributed by atoms with Crippen LogP contribution in [0.25, 0.3) is 0 Å². The van der Waals surface area contributed by atoms with E-state index in [1.807, 2.05) is 18.2 Å². The lowest BCUT2D eigenvalue weighted by Crippen LogP contribution is -2.38. The maximum atomic E-state index is 11.2. The maximum absolute atomic E-state index is 11.2. The number of hydrogen-bond acceptors (Lipinski definition) is 5. The number of rotatable bonds is 12. The molecule has 3 rings (SSSR count). The summed E-state index contributed by atoms with van der Waals surface area (Å²) in [7, 11) is 3.14. The van der Waals surface area contributed by atoms with Crippen LogP contribution in [0, 0.1) is 0 Å². The average molecular weight is 440 g/mol. The Morgan fingerprint density at radius 3 is 2.22 bits per heavy atom. The van der Waals surface area contributed by atoms with Gasteiger partial charge in [-0.05, 0) is 55.5 Å². The number of carbonyl (C=O) groups excluding carboxylic acids is 1. The lowest BCUT2D eigenvalue weighted by Gasteiger charge is -2.34. The number of benzene rings is 2. The molecule has 5 heteroatoms. The van der Waals surface area contributed by atoms with Crippen LogP contribution >= 0.6 is 0 Å². The molecule has 2 aromatic rings. The van der Waals surface area contributed by atoms with Crippen LogP contribution in [-0.4, -0.2) is 50.8 Å². The van der Waals surface area contributed by atoms with Crippen LogP contribution in [0.3, 0.4) is 0 Å². The van der Waals surface area contributed by atoms with Crippen molar-refractivity contribution in [3.05, 3.63) is 65.7 Å². The van der Waals surface area contributed by atoms with Crippen molar-refractivity contribution in [2.75, 3.05) is 33.9 Å². The Balaban J connectivity index is 1.45. The van der Waals surface area contributed by atoms with E-state index in [0.717, 1.165) is 56.6 Å². The molecular weight excluding hydrogens is 402 g/mol. The number of likely N-dealkylation sites (tertiary alicyclic amines) is 1. The Kier molecular flexibility index (Phi) is 10.0. The molecule has 2 aromatic carbocycles. The van der Waals surface area contributed by atoms with Crippen LogP contribution in [0.1, 0.15) is 62.2 Å². The minimum Gasteiger partial charge on any atom is -0.497 e. The molecular formula is C27H37NO4. The number of esters is 1. The summed E-state index contributed by atoms with van der Waals surface area (Å²) in [4.78, 5) is 13.7. The van der Waals surface area contributed by atoms with E-state index in [1.165, 1.54) is 25.5 Å². The molecule has 1 aliphatic rings. The van der Waals surface area contributed by atoms with E-state index in [9.17, 15) is 4.79 Å². The molecule has 1 atom stereocenters. The van der Waals surface area contributed by atoms with Gasteiger partial charge in [0.1, 0.15) is 11.9 Å². The van der Waals surface area contributed by atoms with Gasteiger partial charge >= 0.3 is 5.97 Å². The Labute approximate surface area is 192 Å². The summed E-state index contributed by atoms with van der Waals surface area (Å²) in [5.74, 6) is 0.759. The van der Waals surface area contributed by atoms with Crippen molar-refractivity contribution < 1.29 is 19.0 Å². The van der Waals surface area contributed by atoms with Gasteiger partial charge in [0.25, 0.3) is 0 Å². The molecule has 0 bridgehead atoms. The first-order valence-electron chi connectivity index (χ1n) is 11.8. The lowest BCUT2D eigenvalue weighted by molar-refractivity contribution is -0.140. The monoisotopic (exact) mass is 439 g/mol. The molecule has 0 aliphatic carbocycles. The van der Waals surface area contributed by atoms with Gasteiger partial charge in [0.05, 0.1) is 20.3 Å². The standard InChI is InChI=1S/C27H37NO4/c1-30-24-15-13-23(14-16-24)27(22-10-6-5-7-11-22)32-25-17-20-28(21-18-25)19-9-4-3-8-12-26(29)31-2/h5-7,10-11,13-16,25,27H,3-4,8-9,12,17-21H2,1-2H3. The second-order valence-electron chi connectivity index (χ2n) is 8.48. The van der Waals surface area contributed by atoms with E-state index in [-0.39, 0.29) is 18.2 Å². The molecule has 0 aromatic heterocycles. The zero-order chi connectivity index (χ0) is 22.6. The number of ether oxygens (including phenoxy) is 3. The molecule has 174 valence electrons. The van der Waals surface area contributed by atoms with Gasteiger partial charge in [0, 0.05) is 19.5 Å². The molecule has 0 radical (unpaired) electrons. The fourth-order valence-corrected chi connectivity index (χ4v) is 4.28. The van der Waals surface area contributed by atoms with Crippen LogP contribution < -0.4 is 4.74 Å². The van der Waals surface area contributed by atoms with Gasteiger partial charge < -0.3 is 19.1 Å². The topological polar surface area (TPSA) is 48.0 Å². The van der Waals surface area contributed by atoms with Crippen molar-refractivity contribution in [3.63, 3.8) is 0 Å². The first-order chi connectivity index (χ1) is 15.7. The van der Waals surface area contributed by atoms with Crippen LogP contribution in [0.4, 0.5) is 0 Å². The van der Waals surface area contributed by atoms with E-state index in [4.69, 9.17) is 14.2 Å². The third-order valence-electron chi connectivity index (χ3n) is 6.22. The Bertz CT molecular complexity index is 785. The Morgan fingerprint density at radius 1 is 0.906 bits per heavy atom. The predicted octanol–water partition coefficient (Wildman–Crippen LogP) is 5.39. The number of unbranched alkanes of at least 4 members (excludes halogenated alkanes) is 3. The van der Waals surface area contributed by atoms with E-state index >= 15 is 0 Å². The highest BCUT2D eigenvalue weighted by atomic mass is 16.5. The third kappa shape index (κ3) is 7.64. The van der Waals surface area contributed by atoms with Crippen molar-refractivity contribution in [1.29, 1.82) is 0 Å². The summed E-state index contributed by atoms with van der Waals surface area (Å²) in [6.07, 6.45) is 7.22. The molecule has 0 N–H and O–H groups in total. The molecule has 1 aliphatic heterocycles. The largest absolute Gasteiger partial charge is 0.497 e. The molecule has 1 fully saturated rings. The molecule has 0 spiro atoms. The van der Waals surface area contributed by atoms with Gasteiger partial charge in [-0.15, -0.1) is 0 Å². The highest BCUT2D eigenvalue weighted by Gasteiger charge is 2.24. The van der Waals surface area contributed by atoms with Gasteiger partial charge in [-0.25, -0.2) is 0 Å². The summed E-state index contributed by atoms with van der Waals surface area (Å²) in [6.45, 7) is 3.29. The van der Waals surface area contributed by atoms with Gasteiger partial charge in [-0.1, -0.05) is 55.3 Å². The van der Waals surface area contributed by atoms with E-state index < -0.39 is 0 Å². The SMILES string of the molecule is COC(=O)CCCCCCN1CCC(OC(c2ccccc2)c2ccc(OC)cc2)CC1. The fraction of sp³-hybridized carbons (Fsp3) is 0.519. The predicted molar refractivity (Wildman–Crippen MR) is 127 cm³/mol. The van der Waals surface area contributed by atoms with E-state index in [0.29, 0.717) is 6.42 Å². The highest BCUT2D eigenvalue weighted by Crippen LogP contribution is 2.31. The normalized spacial score (nSPS) is 15.9. The molecule has 5 nitrogen and oxygen atoms in total. The Morgan fingerprint density at radius 2 is 1.56 bits per heavy atom. The van der Waals surface area contributed by atoms with Gasteiger partial charge in [0.2, 0.25) is 0 Å². The first kappa shape index (κ1) is 24.3. The first-order valence-corrected chi connectivity index (χ1v) is 11.8. The third-order valence-corrected chi connectivity index (χ3v) is 6.22. The molecule has 32 heavy (non-hydrogen) atoms. The molecule has 1 saturated heterocycles. The van der Waals surface area contributed by atoms with Gasteiger partial charge in [-0.3, -0.25) is 4.79 Å². The van der Waals surface area contributed by atoms with E-state index in [1.54, 1.807) is 7.11 Å². The lowest BCUT2D eigenvalue weighted by atomic mass is 10.00. The van der Waals surface area contributed by atoms with Crippen LogP contribution in [0.5, 0.6) is 5.75 Å². The number of nitrogens with zero attached hydrogens (tertiary/aromatic N) is 1. The summed E-state index contributed by atoms with van der Waals surface area (Å²) in [5, 5.41) is 0. The minimum absolute atomic E-state index is 0.0616. The average Bonchev–Trinajstić information content (AvgIpc) is 2.86. The number of piperidine rings is 1. The summed E-state index contributed by atoms with van der Waals surface area (Å²) < 4.78 is 16.7. The Hall–Kier alpha value is -2.37. The van der Waals surface area contributed by atoms with Crippen LogP contribution in [0.15, 0.2) is 54.6 Å². The second kappa shape index (κ2) is 13.2. The summed E-state index contributed by atoms with van der Waals surface area (Å²) in [5.41, 5.74) is 2.35. The summed E-state index contributed by atoms with van der Waals surface area (Å²) >= 11 is 0. The van der Waals surface area contributed by atoms with Crippen molar-refractivity contribution in [1.82, 2.24) is 4.90 Å². The number of carbonyl (C=O) groups is 1. The highest BCUT2D eigenvalue weighted by molar-refractivity contribution is 5.68. The van der Waals surface area contributed by atoms with Crippen molar-refractivity contribution in [2.24, 2.45) is 0 Å². The zero-order valence-corrected chi connectivity index (χ0v) is 19.5. The number of methoxy groups -OCH3 is 2. The van der Waals surface area contributed by atoms with Crippen LogP contribution in [-0.2, 0) is 14.3 Å². The zero-order valence-electron chi connectivity index (χ0n) is 19.5. The van der Waals surface area contributed by atoms with Gasteiger partial charge in [0.15, 0.2) is 0 Å². The van der Waals surface area contributed by atoms with E-state index in [2.05, 4.69) is 41.3 Å². The molecule has 0 saturated carbocycles.